The normalized spacial score (nSPS) is 20.7. The van der Waals surface area contributed by atoms with E-state index in [0.29, 0.717) is 16.8 Å². The van der Waals surface area contributed by atoms with Crippen LogP contribution in [-0.4, -0.2) is 22.6 Å². The van der Waals surface area contributed by atoms with Gasteiger partial charge in [0, 0.05) is 11.1 Å². The largest absolute Gasteiger partial charge is 0.303 e. The molecule has 1 aliphatic rings. The summed E-state index contributed by atoms with van der Waals surface area (Å²) in [5.74, 6) is -0.0570. The van der Waals surface area contributed by atoms with Gasteiger partial charge >= 0.3 is 0 Å². The summed E-state index contributed by atoms with van der Waals surface area (Å²) in [5, 5.41) is 0. The van der Waals surface area contributed by atoms with E-state index < -0.39 is 4.83 Å². The number of rotatable bonds is 1. The monoisotopic (exact) mass is 357 g/mol. The lowest BCUT2D eigenvalue weighted by molar-refractivity contribution is 0.0944. The number of nitrogens with zero attached hydrogens (tertiary/aromatic N) is 1. The number of carbonyl (C=O) groups excluding carboxylic acids is 2. The number of Topliss-reactive ketones (excluding diaryl/α,β-unsaturated/α-hetero) is 1. The van der Waals surface area contributed by atoms with Gasteiger partial charge in [0.05, 0.1) is 16.6 Å². The Labute approximate surface area is 138 Å². The highest BCUT2D eigenvalue weighted by Gasteiger charge is 2.39. The van der Waals surface area contributed by atoms with Crippen molar-refractivity contribution in [2.75, 3.05) is 4.90 Å². The lowest BCUT2D eigenvalue weighted by Crippen LogP contribution is -2.50. The molecule has 1 amide bonds. The van der Waals surface area contributed by atoms with Crippen LogP contribution in [0.2, 0.25) is 0 Å². The summed E-state index contributed by atoms with van der Waals surface area (Å²) in [6, 6.07) is 14.6. The maximum Gasteiger partial charge on any atom is 0.258 e. The molecule has 0 radical (unpaired) electrons. The molecular weight excluding hydrogens is 342 g/mol. The zero-order valence-electron chi connectivity index (χ0n) is 12.4. The number of hydrogen-bond acceptors (Lipinski definition) is 2. The van der Waals surface area contributed by atoms with Crippen molar-refractivity contribution < 1.29 is 9.59 Å². The molecule has 22 heavy (non-hydrogen) atoms. The van der Waals surface area contributed by atoms with E-state index in [-0.39, 0.29) is 17.7 Å². The predicted octanol–water partition coefficient (Wildman–Crippen LogP) is 3.99. The fraction of sp³-hybridized carbons (Fsp3) is 0.222. The van der Waals surface area contributed by atoms with Crippen molar-refractivity contribution in [3.63, 3.8) is 0 Å². The van der Waals surface area contributed by atoms with Crippen LogP contribution in [0.4, 0.5) is 5.69 Å². The summed E-state index contributed by atoms with van der Waals surface area (Å²) < 4.78 is 0. The van der Waals surface area contributed by atoms with Gasteiger partial charge in [-0.1, -0.05) is 45.8 Å². The summed E-state index contributed by atoms with van der Waals surface area (Å²) in [5.41, 5.74) is 2.92. The second kappa shape index (κ2) is 5.69. The lowest BCUT2D eigenvalue weighted by atomic mass is 9.93. The number of hydrogen-bond donors (Lipinski definition) is 0. The number of carbonyl (C=O) groups is 2. The zero-order chi connectivity index (χ0) is 15.9. The number of anilines is 1. The molecule has 0 saturated heterocycles. The maximum atomic E-state index is 12.9. The summed E-state index contributed by atoms with van der Waals surface area (Å²) in [6.45, 7) is 3.83. The maximum absolute atomic E-state index is 12.9. The predicted molar refractivity (Wildman–Crippen MR) is 90.9 cm³/mol. The van der Waals surface area contributed by atoms with Crippen LogP contribution in [0.1, 0.15) is 33.2 Å². The van der Waals surface area contributed by atoms with Crippen LogP contribution in [0, 0.1) is 6.92 Å². The fourth-order valence-corrected chi connectivity index (χ4v) is 3.27. The van der Waals surface area contributed by atoms with E-state index in [9.17, 15) is 9.59 Å². The van der Waals surface area contributed by atoms with Crippen molar-refractivity contribution in [2.24, 2.45) is 0 Å². The van der Waals surface area contributed by atoms with Gasteiger partial charge in [-0.25, -0.2) is 0 Å². The van der Waals surface area contributed by atoms with Gasteiger partial charge in [-0.3, -0.25) is 9.59 Å². The first-order chi connectivity index (χ1) is 10.5. The van der Waals surface area contributed by atoms with Crippen molar-refractivity contribution in [1.82, 2.24) is 0 Å². The third-order valence-corrected chi connectivity index (χ3v) is 5.18. The van der Waals surface area contributed by atoms with E-state index in [4.69, 9.17) is 0 Å². The van der Waals surface area contributed by atoms with Crippen molar-refractivity contribution in [3.8, 4) is 0 Å². The fourth-order valence-electron chi connectivity index (χ4n) is 2.79. The molecule has 1 heterocycles. The molecule has 3 nitrogen and oxygen atoms in total. The SMILES string of the molecule is Cc1ccc2c(c1)C(=O)C(Br)C(C)N2C(=O)c1ccccc1. The summed E-state index contributed by atoms with van der Waals surface area (Å²) in [4.78, 5) is 26.7. The molecule has 0 spiro atoms. The topological polar surface area (TPSA) is 37.4 Å². The molecule has 0 saturated carbocycles. The van der Waals surface area contributed by atoms with Crippen LogP contribution in [0.5, 0.6) is 0 Å². The molecule has 2 unspecified atom stereocenters. The van der Waals surface area contributed by atoms with E-state index in [0.717, 1.165) is 5.56 Å². The highest BCUT2D eigenvalue weighted by Crippen LogP contribution is 2.35. The molecule has 0 aromatic heterocycles. The van der Waals surface area contributed by atoms with Gasteiger partial charge in [0.1, 0.15) is 0 Å². The Morgan fingerprint density at radius 3 is 2.50 bits per heavy atom. The molecule has 0 aliphatic carbocycles. The number of aryl methyl sites for hydroxylation is 1. The Morgan fingerprint density at radius 2 is 1.82 bits per heavy atom. The van der Waals surface area contributed by atoms with E-state index in [1.165, 1.54) is 0 Å². The Kier molecular flexibility index (Phi) is 3.87. The van der Waals surface area contributed by atoms with Crippen molar-refractivity contribution in [3.05, 3.63) is 65.2 Å². The minimum absolute atomic E-state index is 0.0308. The number of amides is 1. The Bertz CT molecular complexity index is 742. The highest BCUT2D eigenvalue weighted by molar-refractivity contribution is 9.10. The summed E-state index contributed by atoms with van der Waals surface area (Å²) >= 11 is 3.45. The minimum atomic E-state index is -0.394. The molecule has 112 valence electrons. The summed E-state index contributed by atoms with van der Waals surface area (Å²) in [7, 11) is 0. The third kappa shape index (κ3) is 2.37. The number of alkyl halides is 1. The van der Waals surface area contributed by atoms with Gasteiger partial charge in [-0.2, -0.15) is 0 Å². The quantitative estimate of drug-likeness (QED) is 0.723. The van der Waals surface area contributed by atoms with Crippen molar-refractivity contribution >= 4 is 33.3 Å². The zero-order valence-corrected chi connectivity index (χ0v) is 14.0. The molecule has 2 atom stereocenters. The van der Waals surface area contributed by atoms with E-state index in [2.05, 4.69) is 15.9 Å². The Balaban J connectivity index is 2.13. The second-order valence-electron chi connectivity index (χ2n) is 5.57. The van der Waals surface area contributed by atoms with Crippen LogP contribution in [0.15, 0.2) is 48.5 Å². The first-order valence-electron chi connectivity index (χ1n) is 7.18. The molecule has 3 rings (SSSR count). The summed E-state index contributed by atoms with van der Waals surface area (Å²) in [6.07, 6.45) is 0. The van der Waals surface area contributed by atoms with Crippen molar-refractivity contribution in [2.45, 2.75) is 24.7 Å². The van der Waals surface area contributed by atoms with Gasteiger partial charge in [0.25, 0.3) is 5.91 Å². The van der Waals surface area contributed by atoms with Gasteiger partial charge < -0.3 is 4.90 Å². The lowest BCUT2D eigenvalue weighted by Gasteiger charge is -2.37. The molecule has 2 aromatic carbocycles. The molecule has 0 fully saturated rings. The van der Waals surface area contributed by atoms with Crippen LogP contribution in [0.3, 0.4) is 0 Å². The molecule has 4 heteroatoms. The van der Waals surface area contributed by atoms with Gasteiger partial charge in [0.15, 0.2) is 5.78 Å². The minimum Gasteiger partial charge on any atom is -0.303 e. The van der Waals surface area contributed by atoms with E-state index >= 15 is 0 Å². The Hall–Kier alpha value is -1.94. The van der Waals surface area contributed by atoms with Crippen LogP contribution in [-0.2, 0) is 0 Å². The van der Waals surface area contributed by atoms with Gasteiger partial charge in [0.2, 0.25) is 0 Å². The molecule has 0 bridgehead atoms. The number of benzene rings is 2. The average Bonchev–Trinajstić information content (AvgIpc) is 2.54. The number of ketones is 1. The van der Waals surface area contributed by atoms with E-state index in [1.807, 2.05) is 50.2 Å². The average molecular weight is 358 g/mol. The first-order valence-corrected chi connectivity index (χ1v) is 8.10. The van der Waals surface area contributed by atoms with Gasteiger partial charge in [-0.05, 0) is 38.1 Å². The second-order valence-corrected chi connectivity index (χ2v) is 6.55. The highest BCUT2D eigenvalue weighted by atomic mass is 79.9. The Morgan fingerprint density at radius 1 is 1.14 bits per heavy atom. The molecular formula is C18H16BrNO2. The number of fused-ring (bicyclic) bond motifs is 1. The van der Waals surface area contributed by atoms with Crippen LogP contribution in [0.25, 0.3) is 0 Å². The standard InChI is InChI=1S/C18H16BrNO2/c1-11-8-9-15-14(10-11)17(21)16(19)12(2)20(15)18(22)13-6-4-3-5-7-13/h3-10,12,16H,1-2H3. The molecule has 0 N–H and O–H groups in total. The van der Waals surface area contributed by atoms with Gasteiger partial charge in [-0.15, -0.1) is 0 Å². The van der Waals surface area contributed by atoms with Crippen molar-refractivity contribution in [1.29, 1.82) is 0 Å². The molecule has 1 aliphatic heterocycles. The molecule has 2 aromatic rings. The smallest absolute Gasteiger partial charge is 0.258 e. The van der Waals surface area contributed by atoms with E-state index in [1.54, 1.807) is 17.0 Å². The van der Waals surface area contributed by atoms with Crippen LogP contribution >= 0.6 is 15.9 Å². The van der Waals surface area contributed by atoms with Crippen LogP contribution < -0.4 is 4.90 Å². The first kappa shape index (κ1) is 15.0. The number of halogens is 1. The third-order valence-electron chi connectivity index (χ3n) is 4.00.